The van der Waals surface area contributed by atoms with Crippen LogP contribution in [-0.4, -0.2) is 52.3 Å². The van der Waals surface area contributed by atoms with Gasteiger partial charge >= 0.3 is 12.0 Å². The lowest BCUT2D eigenvalue weighted by atomic mass is 10.1. The molecule has 0 bridgehead atoms. The number of hydrogen-bond donors (Lipinski definition) is 3. The molecule has 2 atom stereocenters. The lowest BCUT2D eigenvalue weighted by Gasteiger charge is -2.28. The van der Waals surface area contributed by atoms with Crippen LogP contribution in [0.4, 0.5) is 4.79 Å². The summed E-state index contributed by atoms with van der Waals surface area (Å²) >= 11 is 0. The third kappa shape index (κ3) is 4.60. The maximum atomic E-state index is 11.8. The second kappa shape index (κ2) is 7.11. The monoisotopic (exact) mass is 246 g/mol. The van der Waals surface area contributed by atoms with Gasteiger partial charge in [-0.2, -0.15) is 0 Å². The highest BCUT2D eigenvalue weighted by Gasteiger charge is 2.27. The Bertz CT molecular complexity index is 264. The Kier molecular flexibility index (Phi) is 6.57. The molecule has 0 aliphatic heterocycles. The molecule has 2 unspecified atom stereocenters. The number of aliphatic hydroxyl groups excluding tert-OH is 1. The van der Waals surface area contributed by atoms with Gasteiger partial charge in [-0.3, -0.25) is 0 Å². The smallest absolute Gasteiger partial charge is 0.328 e. The molecule has 0 aromatic heterocycles. The molecule has 0 saturated heterocycles. The molecule has 2 amide bonds. The minimum atomic E-state index is -1.28. The van der Waals surface area contributed by atoms with E-state index in [2.05, 4.69) is 5.32 Å². The van der Waals surface area contributed by atoms with Crippen LogP contribution in [0.1, 0.15) is 33.6 Å². The standard InChI is InChI=1S/C11H22N2O4/c1-5-8(6-2)13(4)11(17)12-9(7(3)14)10(15)16/h7-9,14H,5-6H2,1-4H3,(H,12,17)(H,15,16). The molecule has 6 heteroatoms. The number of nitrogens with one attached hydrogen (secondary N) is 1. The summed E-state index contributed by atoms with van der Waals surface area (Å²) in [5.74, 6) is -1.24. The molecule has 6 nitrogen and oxygen atoms in total. The van der Waals surface area contributed by atoms with Gasteiger partial charge in [-0.15, -0.1) is 0 Å². The first-order chi connectivity index (χ1) is 7.84. The molecule has 0 aromatic rings. The van der Waals surface area contributed by atoms with E-state index in [0.29, 0.717) is 0 Å². The van der Waals surface area contributed by atoms with Crippen LogP contribution in [0.5, 0.6) is 0 Å². The fourth-order valence-electron chi connectivity index (χ4n) is 1.63. The zero-order chi connectivity index (χ0) is 13.6. The van der Waals surface area contributed by atoms with E-state index in [9.17, 15) is 14.7 Å². The Morgan fingerprint density at radius 1 is 1.29 bits per heavy atom. The van der Waals surface area contributed by atoms with E-state index < -0.39 is 24.1 Å². The van der Waals surface area contributed by atoms with Crippen LogP contribution in [0.25, 0.3) is 0 Å². The summed E-state index contributed by atoms with van der Waals surface area (Å²) in [6, 6.07) is -1.69. The van der Waals surface area contributed by atoms with Crippen molar-refractivity contribution in [1.82, 2.24) is 10.2 Å². The van der Waals surface area contributed by atoms with Crippen LogP contribution in [0.2, 0.25) is 0 Å². The number of aliphatic hydroxyl groups is 1. The van der Waals surface area contributed by atoms with Gasteiger partial charge in [0, 0.05) is 13.1 Å². The fraction of sp³-hybridized carbons (Fsp3) is 0.818. The lowest BCUT2D eigenvalue weighted by Crippen LogP contribution is -2.53. The summed E-state index contributed by atoms with van der Waals surface area (Å²) in [5.41, 5.74) is 0. The molecule has 0 rings (SSSR count). The summed E-state index contributed by atoms with van der Waals surface area (Å²) < 4.78 is 0. The van der Waals surface area contributed by atoms with E-state index in [1.54, 1.807) is 7.05 Å². The number of amides is 2. The van der Waals surface area contributed by atoms with Crippen molar-refractivity contribution in [1.29, 1.82) is 0 Å². The number of hydrogen-bond acceptors (Lipinski definition) is 3. The first kappa shape index (κ1) is 15.7. The van der Waals surface area contributed by atoms with Crippen molar-refractivity contribution in [3.8, 4) is 0 Å². The van der Waals surface area contributed by atoms with Crippen molar-refractivity contribution >= 4 is 12.0 Å². The summed E-state index contributed by atoms with van der Waals surface area (Å²) in [4.78, 5) is 24.0. The Morgan fingerprint density at radius 3 is 2.06 bits per heavy atom. The number of carboxylic acids is 1. The number of nitrogens with zero attached hydrogens (tertiary/aromatic N) is 1. The van der Waals surface area contributed by atoms with E-state index in [4.69, 9.17) is 5.11 Å². The quantitative estimate of drug-likeness (QED) is 0.642. The number of carbonyl (C=O) groups is 2. The number of carboxylic acid groups (broad SMARTS) is 1. The predicted octanol–water partition coefficient (Wildman–Crippen LogP) is 0.650. The molecule has 0 saturated carbocycles. The van der Waals surface area contributed by atoms with Crippen molar-refractivity contribution in [2.75, 3.05) is 7.05 Å². The van der Waals surface area contributed by atoms with Crippen LogP contribution in [0.15, 0.2) is 0 Å². The molecule has 100 valence electrons. The van der Waals surface area contributed by atoms with Crippen molar-refractivity contribution in [2.45, 2.75) is 51.8 Å². The first-order valence-electron chi connectivity index (χ1n) is 5.79. The van der Waals surface area contributed by atoms with Crippen LogP contribution in [0, 0.1) is 0 Å². The van der Waals surface area contributed by atoms with E-state index in [0.717, 1.165) is 12.8 Å². The molecule has 0 aromatic carbocycles. The van der Waals surface area contributed by atoms with Gasteiger partial charge in [-0.05, 0) is 19.8 Å². The van der Waals surface area contributed by atoms with Crippen LogP contribution in [0.3, 0.4) is 0 Å². The Labute approximate surface area is 102 Å². The number of carbonyl (C=O) groups excluding carboxylic acids is 1. The van der Waals surface area contributed by atoms with Gasteiger partial charge in [0.25, 0.3) is 0 Å². The Balaban J connectivity index is 4.55. The van der Waals surface area contributed by atoms with Crippen LogP contribution in [-0.2, 0) is 4.79 Å². The third-order valence-corrected chi connectivity index (χ3v) is 2.84. The number of rotatable bonds is 6. The van der Waals surface area contributed by atoms with E-state index in [1.807, 2.05) is 13.8 Å². The lowest BCUT2D eigenvalue weighted by molar-refractivity contribution is -0.141. The highest BCUT2D eigenvalue weighted by Crippen LogP contribution is 2.06. The van der Waals surface area contributed by atoms with Gasteiger partial charge in [-0.25, -0.2) is 9.59 Å². The van der Waals surface area contributed by atoms with Gasteiger partial charge in [0.15, 0.2) is 6.04 Å². The second-order valence-electron chi connectivity index (χ2n) is 4.09. The molecule has 0 heterocycles. The normalized spacial score (nSPS) is 14.2. The Morgan fingerprint density at radius 2 is 1.76 bits per heavy atom. The highest BCUT2D eigenvalue weighted by molar-refractivity contribution is 5.83. The maximum absolute atomic E-state index is 11.8. The summed E-state index contributed by atoms with van der Waals surface area (Å²) in [7, 11) is 1.62. The second-order valence-corrected chi connectivity index (χ2v) is 4.09. The minimum absolute atomic E-state index is 0.0680. The molecular formula is C11H22N2O4. The third-order valence-electron chi connectivity index (χ3n) is 2.84. The van der Waals surface area contributed by atoms with E-state index in [1.165, 1.54) is 11.8 Å². The SMILES string of the molecule is CCC(CC)N(C)C(=O)NC(C(=O)O)C(C)O. The van der Waals surface area contributed by atoms with Gasteiger partial charge in [-0.1, -0.05) is 13.8 Å². The average molecular weight is 246 g/mol. The molecular weight excluding hydrogens is 224 g/mol. The Hall–Kier alpha value is -1.30. The molecule has 0 spiro atoms. The molecule has 0 aliphatic rings. The molecule has 3 N–H and O–H groups in total. The number of urea groups is 1. The zero-order valence-corrected chi connectivity index (χ0v) is 10.8. The summed E-state index contributed by atoms with van der Waals surface area (Å²) in [6.45, 7) is 5.25. The highest BCUT2D eigenvalue weighted by atomic mass is 16.4. The van der Waals surface area contributed by atoms with Crippen LogP contribution < -0.4 is 5.32 Å². The van der Waals surface area contributed by atoms with E-state index >= 15 is 0 Å². The van der Waals surface area contributed by atoms with E-state index in [-0.39, 0.29) is 6.04 Å². The number of aliphatic carboxylic acids is 1. The van der Waals surface area contributed by atoms with Gasteiger partial charge in [0.1, 0.15) is 0 Å². The van der Waals surface area contributed by atoms with Gasteiger partial charge in [0.2, 0.25) is 0 Å². The van der Waals surface area contributed by atoms with Gasteiger partial charge < -0.3 is 20.4 Å². The first-order valence-corrected chi connectivity index (χ1v) is 5.79. The minimum Gasteiger partial charge on any atom is -0.480 e. The largest absolute Gasteiger partial charge is 0.480 e. The molecule has 17 heavy (non-hydrogen) atoms. The molecule has 0 aliphatic carbocycles. The zero-order valence-electron chi connectivity index (χ0n) is 10.8. The predicted molar refractivity (Wildman–Crippen MR) is 63.8 cm³/mol. The molecule has 0 radical (unpaired) electrons. The van der Waals surface area contributed by atoms with Crippen molar-refractivity contribution in [3.63, 3.8) is 0 Å². The van der Waals surface area contributed by atoms with Crippen LogP contribution >= 0.6 is 0 Å². The topological polar surface area (TPSA) is 89.9 Å². The van der Waals surface area contributed by atoms with Crippen molar-refractivity contribution in [2.24, 2.45) is 0 Å². The molecule has 0 fully saturated rings. The van der Waals surface area contributed by atoms with Crippen molar-refractivity contribution < 1.29 is 19.8 Å². The average Bonchev–Trinajstić information content (AvgIpc) is 2.25. The van der Waals surface area contributed by atoms with Gasteiger partial charge in [0.05, 0.1) is 6.10 Å². The summed E-state index contributed by atoms with van der Waals surface area (Å²) in [5, 5.41) is 20.4. The maximum Gasteiger partial charge on any atom is 0.328 e. The summed E-state index contributed by atoms with van der Waals surface area (Å²) in [6.07, 6.45) is 0.464. The fourth-order valence-corrected chi connectivity index (χ4v) is 1.63. The van der Waals surface area contributed by atoms with Crippen molar-refractivity contribution in [3.05, 3.63) is 0 Å².